The van der Waals surface area contributed by atoms with E-state index < -0.39 is 0 Å². The summed E-state index contributed by atoms with van der Waals surface area (Å²) in [5.74, 6) is 1.43. The van der Waals surface area contributed by atoms with Gasteiger partial charge in [0.05, 0.1) is 56.2 Å². The predicted molar refractivity (Wildman–Crippen MR) is 283 cm³/mol. The van der Waals surface area contributed by atoms with Crippen LogP contribution >= 0.6 is 0 Å². The number of benzene rings is 9. The second-order valence-corrected chi connectivity index (χ2v) is 17.7. The predicted octanol–water partition coefficient (Wildman–Crippen LogP) is 15.0. The van der Waals surface area contributed by atoms with Gasteiger partial charge in [-0.2, -0.15) is 4.57 Å². The van der Waals surface area contributed by atoms with Crippen LogP contribution < -0.4 is 4.57 Å². The van der Waals surface area contributed by atoms with Crippen LogP contribution in [0.5, 0.6) is 0 Å². The average molecular weight is 882 g/mol. The highest BCUT2D eigenvalue weighted by atomic mass is 15.1. The Balaban J connectivity index is 1.00. The van der Waals surface area contributed by atoms with Crippen molar-refractivity contribution in [2.75, 3.05) is 0 Å². The van der Waals surface area contributed by atoms with Crippen LogP contribution in [-0.4, -0.2) is 23.7 Å². The fraction of sp³-hybridized carbons (Fsp3) is 0. The third kappa shape index (κ3) is 6.30. The molecule has 0 aliphatic carbocycles. The molecule has 0 bridgehead atoms. The minimum atomic E-state index is 0.662. The Morgan fingerprint density at radius 2 is 0.667 bits per heavy atom. The van der Waals surface area contributed by atoms with Gasteiger partial charge in [0.2, 0.25) is 0 Å². The Morgan fingerprint density at radius 1 is 0.275 bits per heavy atom. The number of hydrogen-bond acceptors (Lipinski definition) is 2. The van der Waals surface area contributed by atoms with Crippen molar-refractivity contribution in [2.24, 2.45) is 0 Å². The molecular formula is C63H41N6+. The summed E-state index contributed by atoms with van der Waals surface area (Å²) in [6.45, 7) is 0. The van der Waals surface area contributed by atoms with E-state index in [0.717, 1.165) is 61.8 Å². The van der Waals surface area contributed by atoms with Crippen LogP contribution in [0.1, 0.15) is 0 Å². The van der Waals surface area contributed by atoms with Gasteiger partial charge in [0, 0.05) is 49.1 Å². The second-order valence-electron chi connectivity index (χ2n) is 17.7. The first-order valence-corrected chi connectivity index (χ1v) is 23.4. The van der Waals surface area contributed by atoms with Gasteiger partial charge < -0.3 is 13.7 Å². The lowest BCUT2D eigenvalue weighted by Gasteiger charge is -2.14. The number of pyridine rings is 1. The number of aromatic nitrogens is 6. The summed E-state index contributed by atoms with van der Waals surface area (Å²) >= 11 is 0. The average Bonchev–Trinajstić information content (AvgIpc) is 4.07. The highest BCUT2D eigenvalue weighted by Gasteiger charge is 2.23. The molecule has 0 unspecified atom stereocenters. The van der Waals surface area contributed by atoms with Gasteiger partial charge in [-0.3, -0.25) is 0 Å². The number of fused-ring (bicyclic) bond motifs is 9. The minimum Gasteiger partial charge on any atom is -0.309 e. The van der Waals surface area contributed by atoms with Crippen LogP contribution in [0, 0.1) is 0 Å². The maximum absolute atomic E-state index is 5.33. The Hall–Kier alpha value is -9.39. The first kappa shape index (κ1) is 38.8. The zero-order valence-corrected chi connectivity index (χ0v) is 37.4. The first-order valence-electron chi connectivity index (χ1n) is 23.4. The maximum atomic E-state index is 5.33. The van der Waals surface area contributed by atoms with E-state index in [4.69, 9.17) is 9.97 Å². The van der Waals surface area contributed by atoms with Crippen molar-refractivity contribution in [3.8, 4) is 56.7 Å². The molecule has 6 nitrogen and oxygen atoms in total. The molecule has 0 spiro atoms. The van der Waals surface area contributed by atoms with Crippen molar-refractivity contribution < 1.29 is 4.57 Å². The normalized spacial score (nSPS) is 11.8. The monoisotopic (exact) mass is 881 g/mol. The molecular weight excluding hydrogens is 841 g/mol. The van der Waals surface area contributed by atoms with Crippen molar-refractivity contribution in [1.82, 2.24) is 23.7 Å². The molecule has 0 saturated carbocycles. The van der Waals surface area contributed by atoms with Crippen LogP contribution in [0.3, 0.4) is 0 Å². The number of rotatable bonds is 7. The third-order valence-corrected chi connectivity index (χ3v) is 13.7. The number of hydrogen-bond donors (Lipinski definition) is 0. The molecule has 5 aromatic heterocycles. The van der Waals surface area contributed by atoms with E-state index in [0.29, 0.717) is 5.82 Å². The molecule has 14 rings (SSSR count). The van der Waals surface area contributed by atoms with E-state index >= 15 is 0 Å². The van der Waals surface area contributed by atoms with Gasteiger partial charge in [-0.25, -0.2) is 4.98 Å². The standard InChI is InChI=1S/C63H41N6/c1-4-18-42(19-5-1)55-39-62(65-63(64-55)43-20-6-2-7-21-43)66-40-47(68-56-28-14-10-24-49(56)50-25-11-15-29-57(50)68)38-48(41-66)69-59-31-17-13-27-52(59)54-37-45(33-35-61(54)69)44-32-34-60-53(36-44)51-26-12-16-30-58(51)67(60)46-22-8-3-9-23-46/h1-41H/q+1. The van der Waals surface area contributed by atoms with Crippen molar-refractivity contribution >= 4 is 65.4 Å². The summed E-state index contributed by atoms with van der Waals surface area (Å²) in [5, 5.41) is 7.25. The zero-order valence-electron chi connectivity index (χ0n) is 37.4. The summed E-state index contributed by atoms with van der Waals surface area (Å²) in [7, 11) is 0. The quantitative estimate of drug-likeness (QED) is 0.150. The van der Waals surface area contributed by atoms with Crippen LogP contribution in [-0.2, 0) is 0 Å². The van der Waals surface area contributed by atoms with E-state index in [1.165, 1.54) is 54.5 Å². The molecule has 6 heteroatoms. The molecule has 5 heterocycles. The molecule has 0 atom stereocenters. The van der Waals surface area contributed by atoms with Gasteiger partial charge in [0.1, 0.15) is 12.4 Å². The van der Waals surface area contributed by atoms with E-state index in [1.54, 1.807) is 0 Å². The van der Waals surface area contributed by atoms with Gasteiger partial charge in [0.15, 0.2) is 0 Å². The van der Waals surface area contributed by atoms with Gasteiger partial charge in [0.25, 0.3) is 5.82 Å². The van der Waals surface area contributed by atoms with Crippen LogP contribution in [0.2, 0.25) is 0 Å². The van der Waals surface area contributed by atoms with Crippen LogP contribution in [0.4, 0.5) is 0 Å². The maximum Gasteiger partial charge on any atom is 0.332 e. The molecule has 322 valence electrons. The summed E-state index contributed by atoms with van der Waals surface area (Å²) in [5.41, 5.74) is 15.2. The van der Waals surface area contributed by atoms with Crippen molar-refractivity contribution in [2.45, 2.75) is 0 Å². The second kappa shape index (κ2) is 15.6. The Bertz CT molecular complexity index is 4190. The molecule has 0 aliphatic heterocycles. The van der Waals surface area contributed by atoms with Crippen molar-refractivity contribution in [3.63, 3.8) is 0 Å². The third-order valence-electron chi connectivity index (χ3n) is 13.7. The molecule has 69 heavy (non-hydrogen) atoms. The summed E-state index contributed by atoms with van der Waals surface area (Å²) < 4.78 is 9.36. The van der Waals surface area contributed by atoms with Crippen molar-refractivity contribution in [3.05, 3.63) is 249 Å². The minimum absolute atomic E-state index is 0.662. The molecule has 9 aromatic carbocycles. The summed E-state index contributed by atoms with van der Waals surface area (Å²) in [6.07, 6.45) is 4.44. The molecule has 0 fully saturated rings. The number of nitrogens with zero attached hydrogens (tertiary/aromatic N) is 6. The summed E-state index contributed by atoms with van der Waals surface area (Å²) in [6, 6.07) is 84.5. The fourth-order valence-electron chi connectivity index (χ4n) is 10.6. The largest absolute Gasteiger partial charge is 0.332 e. The molecule has 0 amide bonds. The SMILES string of the molecule is c1ccc(-c2cc(-[n+]3cc(-n4c5ccccc5c5ccccc54)cc(-n4c5ccccc5c5cc(-c6ccc7c(c6)c6ccccc6n7-c6ccccc6)ccc54)c3)nc(-c3ccccc3)n2)cc1. The van der Waals surface area contributed by atoms with E-state index in [9.17, 15) is 0 Å². The van der Waals surface area contributed by atoms with Gasteiger partial charge in [-0.1, -0.05) is 152 Å². The highest BCUT2D eigenvalue weighted by molar-refractivity contribution is 6.13. The van der Waals surface area contributed by atoms with Gasteiger partial charge in [-0.15, -0.1) is 0 Å². The van der Waals surface area contributed by atoms with Crippen LogP contribution in [0.25, 0.3) is 122 Å². The Kier molecular flexibility index (Phi) is 8.79. The van der Waals surface area contributed by atoms with Crippen molar-refractivity contribution in [1.29, 1.82) is 0 Å². The molecule has 14 aromatic rings. The van der Waals surface area contributed by atoms with Gasteiger partial charge in [-0.05, 0) is 95.0 Å². The lowest BCUT2D eigenvalue weighted by atomic mass is 10.0. The molecule has 0 radical (unpaired) electrons. The topological polar surface area (TPSA) is 44.5 Å². The molecule has 0 N–H and O–H groups in total. The van der Waals surface area contributed by atoms with E-state index in [2.05, 4.69) is 243 Å². The smallest absolute Gasteiger partial charge is 0.309 e. The Morgan fingerprint density at radius 3 is 1.16 bits per heavy atom. The lowest BCUT2D eigenvalue weighted by molar-refractivity contribution is -0.599. The Labute approximate surface area is 397 Å². The highest BCUT2D eigenvalue weighted by Crippen LogP contribution is 2.39. The van der Waals surface area contributed by atoms with Gasteiger partial charge >= 0.3 is 5.82 Å². The van der Waals surface area contributed by atoms with E-state index in [1.807, 2.05) is 24.3 Å². The van der Waals surface area contributed by atoms with Crippen LogP contribution in [0.15, 0.2) is 249 Å². The van der Waals surface area contributed by atoms with E-state index in [-0.39, 0.29) is 0 Å². The molecule has 0 aliphatic rings. The lowest BCUT2D eigenvalue weighted by Crippen LogP contribution is -2.33. The molecule has 0 saturated heterocycles. The summed E-state index contributed by atoms with van der Waals surface area (Å²) in [4.78, 5) is 10.5. The fourth-order valence-corrected chi connectivity index (χ4v) is 10.6. The zero-order chi connectivity index (χ0) is 45.4. The number of para-hydroxylation sites is 5. The first-order chi connectivity index (χ1) is 34.2.